The van der Waals surface area contributed by atoms with E-state index in [4.69, 9.17) is 18.0 Å². The van der Waals surface area contributed by atoms with Gasteiger partial charge >= 0.3 is 0 Å². The second-order valence-corrected chi connectivity index (χ2v) is 5.68. The number of thiophene rings is 1. The Morgan fingerprint density at radius 1 is 1.32 bits per heavy atom. The van der Waals surface area contributed by atoms with Crippen LogP contribution in [0.15, 0.2) is 41.1 Å². The number of para-hydroxylation sites is 2. The molecule has 2 aromatic heterocycles. The molecule has 0 fully saturated rings. The summed E-state index contributed by atoms with van der Waals surface area (Å²) in [5.41, 5.74) is 9.06. The number of imidazole rings is 1. The molecule has 3 aromatic rings. The molecular formula is C14H13N3S2. The van der Waals surface area contributed by atoms with Crippen LogP contribution in [0.4, 0.5) is 0 Å². The predicted octanol–water partition coefficient (Wildman–Crippen LogP) is 2.97. The maximum atomic E-state index is 5.67. The van der Waals surface area contributed by atoms with Gasteiger partial charge in [-0.05, 0) is 34.5 Å². The Labute approximate surface area is 120 Å². The van der Waals surface area contributed by atoms with Gasteiger partial charge < -0.3 is 10.3 Å². The number of thiocarbonyl (C=S) groups is 1. The van der Waals surface area contributed by atoms with Crippen molar-refractivity contribution in [1.82, 2.24) is 9.55 Å². The van der Waals surface area contributed by atoms with Crippen LogP contribution >= 0.6 is 23.6 Å². The van der Waals surface area contributed by atoms with E-state index in [-0.39, 0.29) is 0 Å². The monoisotopic (exact) mass is 287 g/mol. The van der Waals surface area contributed by atoms with Gasteiger partial charge in [-0.3, -0.25) is 0 Å². The van der Waals surface area contributed by atoms with E-state index in [1.165, 1.54) is 5.56 Å². The number of rotatable bonds is 4. The molecule has 96 valence electrons. The van der Waals surface area contributed by atoms with Crippen molar-refractivity contribution in [2.24, 2.45) is 5.73 Å². The summed E-state index contributed by atoms with van der Waals surface area (Å²) >= 11 is 6.72. The van der Waals surface area contributed by atoms with Crippen molar-refractivity contribution in [1.29, 1.82) is 0 Å². The maximum absolute atomic E-state index is 5.67. The Kier molecular flexibility index (Phi) is 3.31. The summed E-state index contributed by atoms with van der Waals surface area (Å²) < 4.78 is 2.19. The summed E-state index contributed by atoms with van der Waals surface area (Å²) in [6.45, 7) is 0.807. The van der Waals surface area contributed by atoms with Crippen molar-refractivity contribution < 1.29 is 0 Å². The Balaban J connectivity index is 2.10. The lowest BCUT2D eigenvalue weighted by atomic mass is 10.3. The fraction of sp³-hybridized carbons (Fsp3) is 0.143. The lowest BCUT2D eigenvalue weighted by Crippen LogP contribution is -2.15. The summed E-state index contributed by atoms with van der Waals surface area (Å²) in [6, 6.07) is 10.2. The topological polar surface area (TPSA) is 43.8 Å². The molecule has 0 spiro atoms. The summed E-state index contributed by atoms with van der Waals surface area (Å²) in [6.07, 6.45) is 0.536. The molecule has 0 atom stereocenters. The molecule has 1 aromatic carbocycles. The summed E-state index contributed by atoms with van der Waals surface area (Å²) in [5, 5.41) is 4.24. The average Bonchev–Trinajstić information content (AvgIpc) is 2.99. The highest BCUT2D eigenvalue weighted by Crippen LogP contribution is 2.19. The van der Waals surface area contributed by atoms with Crippen LogP contribution in [0.3, 0.4) is 0 Å². The first kappa shape index (κ1) is 12.3. The smallest absolute Gasteiger partial charge is 0.116 e. The number of aromatic nitrogens is 2. The van der Waals surface area contributed by atoms with Crippen molar-refractivity contribution in [3.63, 3.8) is 0 Å². The fourth-order valence-corrected chi connectivity index (χ4v) is 2.95. The molecule has 3 nitrogen and oxygen atoms in total. The Bertz CT molecular complexity index is 713. The van der Waals surface area contributed by atoms with E-state index in [0.717, 1.165) is 23.4 Å². The van der Waals surface area contributed by atoms with Gasteiger partial charge in [-0.1, -0.05) is 24.4 Å². The minimum Gasteiger partial charge on any atom is -0.393 e. The van der Waals surface area contributed by atoms with Crippen molar-refractivity contribution in [3.8, 4) is 0 Å². The highest BCUT2D eigenvalue weighted by atomic mass is 32.1. The Morgan fingerprint density at radius 2 is 2.16 bits per heavy atom. The van der Waals surface area contributed by atoms with E-state index < -0.39 is 0 Å². The molecule has 0 unspecified atom stereocenters. The molecular weight excluding hydrogens is 274 g/mol. The van der Waals surface area contributed by atoms with Gasteiger partial charge in [0.25, 0.3) is 0 Å². The third-order valence-electron chi connectivity index (χ3n) is 2.99. The zero-order chi connectivity index (χ0) is 13.2. The molecule has 0 bridgehead atoms. The minimum atomic E-state index is 0.474. The summed E-state index contributed by atoms with van der Waals surface area (Å²) in [4.78, 5) is 5.11. The zero-order valence-corrected chi connectivity index (χ0v) is 11.9. The third kappa shape index (κ3) is 2.52. The molecule has 0 saturated carbocycles. The molecule has 2 N–H and O–H groups in total. The Morgan fingerprint density at radius 3 is 2.89 bits per heavy atom. The molecule has 0 aliphatic heterocycles. The van der Waals surface area contributed by atoms with Gasteiger partial charge in [-0.25, -0.2) is 4.98 Å². The lowest BCUT2D eigenvalue weighted by molar-refractivity contribution is 0.776. The number of hydrogen-bond acceptors (Lipinski definition) is 3. The van der Waals surface area contributed by atoms with Gasteiger partial charge in [-0.15, -0.1) is 0 Å². The molecule has 0 aliphatic carbocycles. The molecule has 19 heavy (non-hydrogen) atoms. The number of nitrogens with two attached hydrogens (primary N) is 1. The van der Waals surface area contributed by atoms with Crippen LogP contribution in [-0.4, -0.2) is 14.5 Å². The molecule has 0 radical (unpaired) electrons. The molecule has 3 rings (SSSR count). The maximum Gasteiger partial charge on any atom is 0.116 e. The Hall–Kier alpha value is -1.72. The van der Waals surface area contributed by atoms with Gasteiger partial charge in [-0.2, -0.15) is 11.3 Å². The predicted molar refractivity (Wildman–Crippen MR) is 83.6 cm³/mol. The zero-order valence-electron chi connectivity index (χ0n) is 10.2. The van der Waals surface area contributed by atoms with Crippen molar-refractivity contribution in [2.45, 2.75) is 13.0 Å². The van der Waals surface area contributed by atoms with Gasteiger partial charge in [0.15, 0.2) is 0 Å². The second-order valence-electron chi connectivity index (χ2n) is 4.38. The van der Waals surface area contributed by atoms with Crippen LogP contribution in [0.25, 0.3) is 11.0 Å². The molecule has 2 heterocycles. The fourth-order valence-electron chi connectivity index (χ4n) is 2.16. The normalized spacial score (nSPS) is 10.9. The standard InChI is InChI=1S/C14H13N3S2/c15-13(18)7-14-16-11-3-1-2-4-12(11)17(14)8-10-5-6-19-9-10/h1-6,9H,7-8H2,(H2,15,18). The third-order valence-corrected chi connectivity index (χ3v) is 3.86. The highest BCUT2D eigenvalue weighted by molar-refractivity contribution is 7.80. The molecule has 0 aliphatic rings. The van der Waals surface area contributed by atoms with E-state index in [1.54, 1.807) is 11.3 Å². The lowest BCUT2D eigenvalue weighted by Gasteiger charge is -2.07. The molecule has 0 amide bonds. The van der Waals surface area contributed by atoms with Crippen molar-refractivity contribution in [2.75, 3.05) is 0 Å². The molecule has 0 saturated heterocycles. The summed E-state index contributed by atoms with van der Waals surface area (Å²) in [7, 11) is 0. The van der Waals surface area contributed by atoms with Crippen LogP contribution in [0.1, 0.15) is 11.4 Å². The van der Waals surface area contributed by atoms with E-state index in [0.29, 0.717) is 11.4 Å². The van der Waals surface area contributed by atoms with Crippen LogP contribution in [0, 0.1) is 0 Å². The van der Waals surface area contributed by atoms with Crippen LogP contribution in [0.5, 0.6) is 0 Å². The van der Waals surface area contributed by atoms with Gasteiger partial charge in [0.2, 0.25) is 0 Å². The van der Waals surface area contributed by atoms with Crippen LogP contribution in [0.2, 0.25) is 0 Å². The number of hydrogen-bond donors (Lipinski definition) is 1. The first-order valence-electron chi connectivity index (χ1n) is 5.97. The SMILES string of the molecule is NC(=S)Cc1nc2ccccc2n1Cc1ccsc1. The van der Waals surface area contributed by atoms with Crippen molar-refractivity contribution in [3.05, 3.63) is 52.5 Å². The number of nitrogens with zero attached hydrogens (tertiary/aromatic N) is 2. The number of fused-ring (bicyclic) bond motifs is 1. The highest BCUT2D eigenvalue weighted by Gasteiger charge is 2.11. The van der Waals surface area contributed by atoms with E-state index in [1.807, 2.05) is 18.2 Å². The van der Waals surface area contributed by atoms with E-state index in [9.17, 15) is 0 Å². The van der Waals surface area contributed by atoms with E-state index >= 15 is 0 Å². The van der Waals surface area contributed by atoms with Gasteiger partial charge in [0.1, 0.15) is 5.82 Å². The first-order chi connectivity index (χ1) is 9.24. The van der Waals surface area contributed by atoms with Crippen LogP contribution in [-0.2, 0) is 13.0 Å². The summed E-state index contributed by atoms with van der Waals surface area (Å²) in [5.74, 6) is 0.930. The van der Waals surface area contributed by atoms with Gasteiger partial charge in [0, 0.05) is 0 Å². The second kappa shape index (κ2) is 5.11. The van der Waals surface area contributed by atoms with Crippen LogP contribution < -0.4 is 5.73 Å². The average molecular weight is 287 g/mol. The van der Waals surface area contributed by atoms with Gasteiger partial charge in [0.05, 0.1) is 29.0 Å². The number of benzene rings is 1. The van der Waals surface area contributed by atoms with Crippen molar-refractivity contribution >= 4 is 39.6 Å². The quantitative estimate of drug-likeness (QED) is 0.750. The first-order valence-corrected chi connectivity index (χ1v) is 7.32. The largest absolute Gasteiger partial charge is 0.393 e. The molecule has 5 heteroatoms. The minimum absolute atomic E-state index is 0.474. The van der Waals surface area contributed by atoms with E-state index in [2.05, 4.69) is 32.4 Å².